The first-order valence-electron chi connectivity index (χ1n) is 9.44. The minimum Gasteiger partial charge on any atom is -0.463 e. The molecule has 0 N–H and O–H groups in total. The van der Waals surface area contributed by atoms with Crippen LogP contribution in [0.1, 0.15) is 16.3 Å². The van der Waals surface area contributed by atoms with Gasteiger partial charge in [-0.3, -0.25) is 9.36 Å². The van der Waals surface area contributed by atoms with E-state index in [1.54, 1.807) is 28.0 Å². The SMILES string of the molecule is COC(=O)c1ccc(Cn2c(-c3ccccc3)nc3scc(-c4cccs4)c3c2=O)o1. The van der Waals surface area contributed by atoms with Gasteiger partial charge in [-0.25, -0.2) is 9.78 Å². The lowest BCUT2D eigenvalue weighted by molar-refractivity contribution is 0.0563. The van der Waals surface area contributed by atoms with Crippen molar-refractivity contribution in [2.75, 3.05) is 7.11 Å². The summed E-state index contributed by atoms with van der Waals surface area (Å²) in [5.74, 6) is 0.548. The van der Waals surface area contributed by atoms with Gasteiger partial charge >= 0.3 is 5.97 Å². The normalized spacial score (nSPS) is 11.1. The Balaban J connectivity index is 1.71. The predicted octanol–water partition coefficient (Wildman–Crippen LogP) is 5.28. The van der Waals surface area contributed by atoms with E-state index in [0.29, 0.717) is 21.8 Å². The molecule has 0 bridgehead atoms. The maximum absolute atomic E-state index is 13.7. The molecule has 154 valence electrons. The van der Waals surface area contributed by atoms with Crippen LogP contribution >= 0.6 is 22.7 Å². The molecule has 0 amide bonds. The fraction of sp³-hybridized carbons (Fsp3) is 0.0870. The van der Waals surface area contributed by atoms with Gasteiger partial charge in [0.2, 0.25) is 5.76 Å². The number of ether oxygens (including phenoxy) is 1. The largest absolute Gasteiger partial charge is 0.463 e. The van der Waals surface area contributed by atoms with Crippen molar-refractivity contribution in [2.45, 2.75) is 6.54 Å². The molecule has 0 aliphatic rings. The standard InChI is InChI=1S/C23H16N2O4S2/c1-28-23(27)17-10-9-15(29-17)12-25-20(14-6-3-2-4-7-14)24-21-19(22(25)26)16(13-31-21)18-8-5-11-30-18/h2-11,13H,12H2,1H3. The number of nitrogens with zero attached hydrogens (tertiary/aromatic N) is 2. The van der Waals surface area contributed by atoms with Crippen molar-refractivity contribution < 1.29 is 13.9 Å². The Morgan fingerprint density at radius 1 is 1.10 bits per heavy atom. The van der Waals surface area contributed by atoms with Crippen LogP contribution in [-0.4, -0.2) is 22.6 Å². The third-order valence-corrected chi connectivity index (χ3v) is 6.65. The number of fused-ring (bicyclic) bond motifs is 1. The maximum atomic E-state index is 13.7. The van der Waals surface area contributed by atoms with Gasteiger partial charge in [0.1, 0.15) is 16.4 Å². The molecule has 0 fully saturated rings. The second-order valence-corrected chi connectivity index (χ2v) is 8.56. The quantitative estimate of drug-likeness (QED) is 0.342. The summed E-state index contributed by atoms with van der Waals surface area (Å²) in [6.45, 7) is 0.142. The number of furan rings is 1. The molecule has 5 rings (SSSR count). The van der Waals surface area contributed by atoms with Crippen LogP contribution in [0.4, 0.5) is 0 Å². The molecule has 5 aromatic rings. The fourth-order valence-corrected chi connectivity index (χ4v) is 5.17. The van der Waals surface area contributed by atoms with E-state index in [0.717, 1.165) is 16.0 Å². The summed E-state index contributed by atoms with van der Waals surface area (Å²) < 4.78 is 11.9. The van der Waals surface area contributed by atoms with Gasteiger partial charge in [-0.05, 0) is 23.6 Å². The second-order valence-electron chi connectivity index (χ2n) is 6.76. The molecule has 0 atom stereocenters. The molecule has 0 saturated carbocycles. The summed E-state index contributed by atoms with van der Waals surface area (Å²) in [5, 5.41) is 4.55. The first-order valence-corrected chi connectivity index (χ1v) is 11.2. The molecule has 1 aromatic carbocycles. The van der Waals surface area contributed by atoms with Crippen LogP contribution in [-0.2, 0) is 11.3 Å². The maximum Gasteiger partial charge on any atom is 0.373 e. The van der Waals surface area contributed by atoms with Crippen molar-refractivity contribution in [1.82, 2.24) is 9.55 Å². The van der Waals surface area contributed by atoms with Crippen LogP contribution in [0.5, 0.6) is 0 Å². The number of methoxy groups -OCH3 is 1. The number of benzene rings is 1. The van der Waals surface area contributed by atoms with Crippen LogP contribution in [0.3, 0.4) is 0 Å². The Kier molecular flexibility index (Phi) is 5.01. The lowest BCUT2D eigenvalue weighted by Crippen LogP contribution is -2.23. The zero-order chi connectivity index (χ0) is 21.4. The molecule has 0 saturated heterocycles. The Morgan fingerprint density at radius 2 is 1.94 bits per heavy atom. The monoisotopic (exact) mass is 448 g/mol. The van der Waals surface area contributed by atoms with Gasteiger partial charge in [0.25, 0.3) is 5.56 Å². The van der Waals surface area contributed by atoms with E-state index in [9.17, 15) is 9.59 Å². The summed E-state index contributed by atoms with van der Waals surface area (Å²) in [7, 11) is 1.29. The summed E-state index contributed by atoms with van der Waals surface area (Å²) in [5.41, 5.74) is 1.56. The predicted molar refractivity (Wildman–Crippen MR) is 122 cm³/mol. The first-order chi connectivity index (χ1) is 15.2. The van der Waals surface area contributed by atoms with E-state index in [4.69, 9.17) is 14.1 Å². The molecule has 4 aromatic heterocycles. The molecular weight excluding hydrogens is 432 g/mol. The molecule has 6 nitrogen and oxygen atoms in total. The van der Waals surface area contributed by atoms with Gasteiger partial charge in [0.15, 0.2) is 0 Å². The summed E-state index contributed by atoms with van der Waals surface area (Å²) >= 11 is 3.04. The molecule has 4 heterocycles. The van der Waals surface area contributed by atoms with Gasteiger partial charge in [0, 0.05) is 21.4 Å². The van der Waals surface area contributed by atoms with Crippen LogP contribution in [0, 0.1) is 0 Å². The van der Waals surface area contributed by atoms with E-state index in [-0.39, 0.29) is 17.9 Å². The number of hydrogen-bond donors (Lipinski definition) is 0. The number of carbonyl (C=O) groups is 1. The van der Waals surface area contributed by atoms with E-state index in [1.165, 1.54) is 18.4 Å². The van der Waals surface area contributed by atoms with Crippen molar-refractivity contribution in [1.29, 1.82) is 0 Å². The van der Waals surface area contributed by atoms with Crippen molar-refractivity contribution >= 4 is 38.9 Å². The van der Waals surface area contributed by atoms with Crippen LogP contribution in [0.15, 0.2) is 74.6 Å². The van der Waals surface area contributed by atoms with E-state index in [1.807, 2.05) is 53.2 Å². The third-order valence-electron chi connectivity index (χ3n) is 4.87. The van der Waals surface area contributed by atoms with Gasteiger partial charge in [0.05, 0.1) is 19.0 Å². The Labute approximate surface area is 185 Å². The highest BCUT2D eigenvalue weighted by Crippen LogP contribution is 2.34. The highest BCUT2D eigenvalue weighted by molar-refractivity contribution is 7.18. The van der Waals surface area contributed by atoms with Crippen LogP contribution < -0.4 is 5.56 Å². The average Bonchev–Trinajstić information content (AvgIpc) is 3.56. The molecule has 0 aliphatic carbocycles. The molecular formula is C23H16N2O4S2. The number of esters is 1. The highest BCUT2D eigenvalue weighted by atomic mass is 32.1. The second kappa shape index (κ2) is 7.98. The molecule has 0 radical (unpaired) electrons. The molecule has 0 aliphatic heterocycles. The van der Waals surface area contributed by atoms with Crippen LogP contribution in [0.2, 0.25) is 0 Å². The molecule has 8 heteroatoms. The highest BCUT2D eigenvalue weighted by Gasteiger charge is 2.20. The number of aromatic nitrogens is 2. The van der Waals surface area contributed by atoms with E-state index in [2.05, 4.69) is 0 Å². The van der Waals surface area contributed by atoms with Crippen molar-refractivity contribution in [3.63, 3.8) is 0 Å². The van der Waals surface area contributed by atoms with Crippen molar-refractivity contribution in [3.8, 4) is 21.8 Å². The van der Waals surface area contributed by atoms with E-state index >= 15 is 0 Å². The van der Waals surface area contributed by atoms with Gasteiger partial charge in [-0.15, -0.1) is 22.7 Å². The number of rotatable bonds is 5. The Bertz CT molecular complexity index is 1430. The van der Waals surface area contributed by atoms with Crippen LogP contribution in [0.25, 0.3) is 32.0 Å². The average molecular weight is 449 g/mol. The van der Waals surface area contributed by atoms with E-state index < -0.39 is 5.97 Å². The lowest BCUT2D eigenvalue weighted by atomic mass is 10.1. The Morgan fingerprint density at radius 3 is 2.68 bits per heavy atom. The van der Waals surface area contributed by atoms with Gasteiger partial charge in [-0.2, -0.15) is 0 Å². The number of thiophene rings is 2. The van der Waals surface area contributed by atoms with Crippen molar-refractivity contribution in [2.24, 2.45) is 0 Å². The van der Waals surface area contributed by atoms with Crippen molar-refractivity contribution in [3.05, 3.63) is 87.2 Å². The van der Waals surface area contributed by atoms with Gasteiger partial charge in [-0.1, -0.05) is 36.4 Å². The summed E-state index contributed by atoms with van der Waals surface area (Å²) in [4.78, 5) is 32.0. The molecule has 0 spiro atoms. The molecule has 31 heavy (non-hydrogen) atoms. The number of hydrogen-bond acceptors (Lipinski definition) is 7. The first kappa shape index (κ1) is 19.5. The fourth-order valence-electron chi connectivity index (χ4n) is 3.42. The zero-order valence-electron chi connectivity index (χ0n) is 16.4. The topological polar surface area (TPSA) is 74.3 Å². The summed E-state index contributed by atoms with van der Waals surface area (Å²) in [6, 6.07) is 16.7. The zero-order valence-corrected chi connectivity index (χ0v) is 18.0. The number of carbonyl (C=O) groups excluding carboxylic acids is 1. The molecule has 0 unspecified atom stereocenters. The smallest absolute Gasteiger partial charge is 0.373 e. The lowest BCUT2D eigenvalue weighted by Gasteiger charge is -2.12. The third kappa shape index (κ3) is 3.49. The minimum absolute atomic E-state index is 0.0932. The van der Waals surface area contributed by atoms with Gasteiger partial charge < -0.3 is 9.15 Å². The summed E-state index contributed by atoms with van der Waals surface area (Å²) in [6.07, 6.45) is 0. The Hall–Kier alpha value is -3.49. The minimum atomic E-state index is -0.562.